The van der Waals surface area contributed by atoms with Crippen molar-refractivity contribution < 1.29 is 14.3 Å². The molecule has 4 rings (SSSR count). The lowest BCUT2D eigenvalue weighted by Crippen LogP contribution is -2.47. The van der Waals surface area contributed by atoms with Gasteiger partial charge < -0.3 is 14.5 Å². The van der Waals surface area contributed by atoms with Crippen LogP contribution in [-0.4, -0.2) is 61.0 Å². The minimum absolute atomic E-state index is 0.0355. The molecule has 0 spiro atoms. The minimum Gasteiger partial charge on any atom is -0.378 e. The Kier molecular flexibility index (Phi) is 5.55. The van der Waals surface area contributed by atoms with Gasteiger partial charge in [0.15, 0.2) is 0 Å². The van der Waals surface area contributed by atoms with Gasteiger partial charge in [-0.1, -0.05) is 18.2 Å². The zero-order valence-corrected chi connectivity index (χ0v) is 16.1. The lowest BCUT2D eigenvalue weighted by molar-refractivity contribution is -0.141. The maximum absolute atomic E-state index is 12.8. The Morgan fingerprint density at radius 1 is 0.926 bits per heavy atom. The van der Waals surface area contributed by atoms with Crippen molar-refractivity contribution >= 4 is 23.2 Å². The molecular weight excluding hydrogens is 360 g/mol. The summed E-state index contributed by atoms with van der Waals surface area (Å²) in [5.41, 5.74) is 1.85. The van der Waals surface area contributed by atoms with Crippen LogP contribution >= 0.6 is 11.3 Å². The first-order valence-electron chi connectivity index (χ1n) is 9.52. The molecule has 2 fully saturated rings. The number of rotatable bonds is 3. The number of thiophene rings is 1. The van der Waals surface area contributed by atoms with Crippen molar-refractivity contribution in [2.45, 2.75) is 12.8 Å². The number of carbonyl (C=O) groups is 2. The summed E-state index contributed by atoms with van der Waals surface area (Å²) in [5.74, 6) is 0.323. The lowest BCUT2D eigenvalue weighted by Gasteiger charge is -2.35. The van der Waals surface area contributed by atoms with Crippen LogP contribution in [0.3, 0.4) is 0 Å². The number of ether oxygens (including phenoxy) is 1. The Bertz CT molecular complexity index is 774. The van der Waals surface area contributed by atoms with E-state index >= 15 is 0 Å². The van der Waals surface area contributed by atoms with E-state index in [1.165, 1.54) is 4.88 Å². The molecule has 2 aromatic rings. The molecule has 0 N–H and O–H groups in total. The monoisotopic (exact) mass is 384 g/mol. The summed E-state index contributed by atoms with van der Waals surface area (Å²) >= 11 is 1.69. The summed E-state index contributed by atoms with van der Waals surface area (Å²) in [6.07, 6.45) is 1.49. The Morgan fingerprint density at radius 3 is 2.26 bits per heavy atom. The predicted octanol–water partition coefficient (Wildman–Crippen LogP) is 3.13. The second kappa shape index (κ2) is 8.23. The number of carbonyl (C=O) groups excluding carboxylic acids is 2. The van der Waals surface area contributed by atoms with E-state index in [1.54, 1.807) is 11.3 Å². The van der Waals surface area contributed by atoms with Crippen LogP contribution in [0, 0.1) is 5.92 Å². The molecule has 0 saturated carbocycles. The van der Waals surface area contributed by atoms with E-state index in [0.717, 1.165) is 18.4 Å². The molecule has 5 nitrogen and oxygen atoms in total. The molecule has 2 saturated heterocycles. The van der Waals surface area contributed by atoms with Crippen LogP contribution in [0.1, 0.15) is 23.2 Å². The molecule has 1 aromatic heterocycles. The van der Waals surface area contributed by atoms with Gasteiger partial charge in [-0.3, -0.25) is 9.59 Å². The Morgan fingerprint density at radius 2 is 1.63 bits per heavy atom. The number of hydrogen-bond acceptors (Lipinski definition) is 4. The number of piperidine rings is 1. The molecule has 142 valence electrons. The van der Waals surface area contributed by atoms with Crippen LogP contribution in [0.4, 0.5) is 0 Å². The fourth-order valence-electron chi connectivity index (χ4n) is 3.77. The van der Waals surface area contributed by atoms with Gasteiger partial charge in [0.25, 0.3) is 5.91 Å². The van der Waals surface area contributed by atoms with Gasteiger partial charge >= 0.3 is 0 Å². The fraction of sp³-hybridized carbons (Fsp3) is 0.429. The molecular formula is C21H24N2O3S. The molecule has 3 heterocycles. The molecule has 0 unspecified atom stereocenters. The summed E-state index contributed by atoms with van der Waals surface area (Å²) in [6.45, 7) is 3.93. The van der Waals surface area contributed by atoms with Crippen molar-refractivity contribution in [3.05, 3.63) is 47.3 Å². The van der Waals surface area contributed by atoms with E-state index in [0.29, 0.717) is 45.0 Å². The van der Waals surface area contributed by atoms with Crippen molar-refractivity contribution in [2.75, 3.05) is 39.4 Å². The standard InChI is InChI=1S/C21H24N2O3S/c24-20(17-5-3-16(4-6-17)19-2-1-15-27-19)22-9-7-18(8-10-22)21(25)23-11-13-26-14-12-23/h1-6,15,18H,7-14H2. The topological polar surface area (TPSA) is 49.9 Å². The first kappa shape index (κ1) is 18.2. The number of nitrogens with zero attached hydrogens (tertiary/aromatic N) is 2. The van der Waals surface area contributed by atoms with Crippen molar-refractivity contribution in [3.8, 4) is 10.4 Å². The number of amides is 2. The maximum Gasteiger partial charge on any atom is 0.253 e. The van der Waals surface area contributed by atoms with Gasteiger partial charge in [-0.2, -0.15) is 0 Å². The Hall–Kier alpha value is -2.18. The van der Waals surface area contributed by atoms with Gasteiger partial charge in [-0.15, -0.1) is 11.3 Å². The summed E-state index contributed by atoms with van der Waals surface area (Å²) in [6, 6.07) is 11.9. The second-order valence-corrected chi connectivity index (χ2v) is 8.01. The van der Waals surface area contributed by atoms with Gasteiger partial charge in [0.05, 0.1) is 13.2 Å². The third kappa shape index (κ3) is 4.06. The SMILES string of the molecule is O=C(c1ccc(-c2cccs2)cc1)N1CCC(C(=O)N2CCOCC2)CC1. The molecule has 27 heavy (non-hydrogen) atoms. The summed E-state index contributed by atoms with van der Waals surface area (Å²) in [5, 5.41) is 2.05. The molecule has 0 radical (unpaired) electrons. The van der Waals surface area contributed by atoms with E-state index in [4.69, 9.17) is 4.74 Å². The van der Waals surface area contributed by atoms with Gasteiger partial charge in [-0.05, 0) is 42.0 Å². The van der Waals surface area contributed by atoms with Crippen molar-refractivity contribution in [2.24, 2.45) is 5.92 Å². The molecule has 0 aliphatic carbocycles. The first-order chi connectivity index (χ1) is 13.2. The highest BCUT2D eigenvalue weighted by Gasteiger charge is 2.31. The third-order valence-electron chi connectivity index (χ3n) is 5.39. The average molecular weight is 385 g/mol. The van der Waals surface area contributed by atoms with E-state index < -0.39 is 0 Å². The molecule has 2 aliphatic heterocycles. The number of morpholine rings is 1. The van der Waals surface area contributed by atoms with Crippen LogP contribution in [-0.2, 0) is 9.53 Å². The van der Waals surface area contributed by atoms with Crippen LogP contribution < -0.4 is 0 Å². The maximum atomic E-state index is 12.8. The number of likely N-dealkylation sites (tertiary alicyclic amines) is 1. The van der Waals surface area contributed by atoms with E-state index in [2.05, 4.69) is 11.4 Å². The van der Waals surface area contributed by atoms with Gasteiger partial charge in [0.2, 0.25) is 5.91 Å². The summed E-state index contributed by atoms with van der Waals surface area (Å²) < 4.78 is 5.32. The highest BCUT2D eigenvalue weighted by Crippen LogP contribution is 2.26. The van der Waals surface area contributed by atoms with Gasteiger partial charge in [0.1, 0.15) is 0 Å². The zero-order valence-electron chi connectivity index (χ0n) is 15.3. The molecule has 1 aromatic carbocycles. The Balaban J connectivity index is 1.33. The number of hydrogen-bond donors (Lipinski definition) is 0. The normalized spacial score (nSPS) is 18.5. The fourth-order valence-corrected chi connectivity index (χ4v) is 4.51. The summed E-state index contributed by atoms with van der Waals surface area (Å²) in [4.78, 5) is 30.4. The number of benzene rings is 1. The van der Waals surface area contributed by atoms with Gasteiger partial charge in [-0.25, -0.2) is 0 Å². The highest BCUT2D eigenvalue weighted by molar-refractivity contribution is 7.13. The summed E-state index contributed by atoms with van der Waals surface area (Å²) in [7, 11) is 0. The lowest BCUT2D eigenvalue weighted by atomic mass is 9.94. The molecule has 0 bridgehead atoms. The van der Waals surface area contributed by atoms with E-state index in [-0.39, 0.29) is 17.7 Å². The smallest absolute Gasteiger partial charge is 0.253 e. The largest absolute Gasteiger partial charge is 0.378 e. The average Bonchev–Trinajstić information content (AvgIpc) is 3.28. The van der Waals surface area contributed by atoms with Crippen molar-refractivity contribution in [1.29, 1.82) is 0 Å². The van der Waals surface area contributed by atoms with Crippen molar-refractivity contribution in [3.63, 3.8) is 0 Å². The minimum atomic E-state index is 0.0355. The van der Waals surface area contributed by atoms with E-state index in [9.17, 15) is 9.59 Å². The van der Waals surface area contributed by atoms with Crippen molar-refractivity contribution in [1.82, 2.24) is 9.80 Å². The predicted molar refractivity (Wildman–Crippen MR) is 106 cm³/mol. The van der Waals surface area contributed by atoms with Crippen LogP contribution in [0.25, 0.3) is 10.4 Å². The zero-order chi connectivity index (χ0) is 18.6. The van der Waals surface area contributed by atoms with Crippen LogP contribution in [0.5, 0.6) is 0 Å². The third-order valence-corrected chi connectivity index (χ3v) is 6.31. The van der Waals surface area contributed by atoms with Gasteiger partial charge in [0, 0.05) is 42.5 Å². The van der Waals surface area contributed by atoms with E-state index in [1.807, 2.05) is 40.1 Å². The second-order valence-electron chi connectivity index (χ2n) is 7.06. The quantitative estimate of drug-likeness (QED) is 0.817. The first-order valence-corrected chi connectivity index (χ1v) is 10.4. The Labute approximate surface area is 163 Å². The molecule has 2 amide bonds. The van der Waals surface area contributed by atoms with Crippen LogP contribution in [0.2, 0.25) is 0 Å². The molecule has 0 atom stereocenters. The molecule has 2 aliphatic rings. The molecule has 6 heteroatoms. The van der Waals surface area contributed by atoms with Crippen LogP contribution in [0.15, 0.2) is 41.8 Å². The highest BCUT2D eigenvalue weighted by atomic mass is 32.1.